The van der Waals surface area contributed by atoms with Crippen LogP contribution < -0.4 is 31.7 Å². The number of carbonyl (C=O) groups excluding carboxylic acids is 2. The van der Waals surface area contributed by atoms with Gasteiger partial charge in [0.2, 0.25) is 0 Å². The summed E-state index contributed by atoms with van der Waals surface area (Å²) in [5.74, 6) is 1.31. The summed E-state index contributed by atoms with van der Waals surface area (Å²) in [6, 6.07) is 40.9. The molecule has 4 fully saturated rings. The van der Waals surface area contributed by atoms with E-state index in [0.717, 1.165) is 126 Å². The van der Waals surface area contributed by atoms with E-state index in [4.69, 9.17) is 0 Å². The molecule has 8 heterocycles. The zero-order valence-electron chi connectivity index (χ0n) is 75.8. The standard InChI is InChI=1S/2C26H26F4N2O3.C26H31FN2O.C26H32N2O/c1-15(2)16-8-10-32(11-9-16)25(34)20-6-4-17(12-23(20)35-26(28,29)30)22-14-31(3)24(33)19-7-5-18(27)13-21(19)22;1-15(2)16-8-10-32(11-9-16)25(34)20-6-4-17(12-23(20)35-26(28,29)30)22-14-31(3)24(33)21-13-18(27)5-7-19(21)22;1-17(2)19-9-11-29(12-10-19)15-21-6-5-20(13-18(21)3)25-16-28(4)26(30)24-14-22(27)7-8-23(24)25;1-18(2)20-11-13-28(14-12-20)16-22-10-9-21(15-19(22)3)25-17-27(4)26(29)24-8-6-5-7-23(24)25/h2*4-7,12-16H,8-11H2,1-3H3;5-8,13-14,16-17,19H,9-12,15H2,1-4H3;5-10,15,17-18,20H,11-14,16H2,1-4H3. The molecule has 2 amide bonds. The second-order valence-electron chi connectivity index (χ2n) is 36.7. The Hall–Kier alpha value is -11.6. The van der Waals surface area contributed by atoms with Gasteiger partial charge in [0.05, 0.1) is 21.9 Å². The number of alkyl halides is 6. The highest BCUT2D eigenvalue weighted by atomic mass is 19.4. The first-order valence-electron chi connectivity index (χ1n) is 44.6. The monoisotopic (exact) mass is 1770 g/mol. The highest BCUT2D eigenvalue weighted by molar-refractivity contribution is 6.02. The van der Waals surface area contributed by atoms with Gasteiger partial charge in [0, 0.05) is 125 Å². The molecule has 0 atom stereocenters. The number of hydrogen-bond acceptors (Lipinski definition) is 10. The minimum Gasteiger partial charge on any atom is -0.405 e. The van der Waals surface area contributed by atoms with Crippen LogP contribution >= 0.6 is 0 Å². The van der Waals surface area contributed by atoms with Crippen LogP contribution in [0.5, 0.6) is 11.5 Å². The van der Waals surface area contributed by atoms with Crippen LogP contribution in [-0.2, 0) is 41.3 Å². The van der Waals surface area contributed by atoms with E-state index in [1.807, 2.05) is 43.7 Å². The molecule has 129 heavy (non-hydrogen) atoms. The van der Waals surface area contributed by atoms with Gasteiger partial charge < -0.3 is 37.5 Å². The van der Waals surface area contributed by atoms with E-state index in [1.54, 1.807) is 32.0 Å². The predicted octanol–water partition coefficient (Wildman–Crippen LogP) is 22.4. The predicted molar refractivity (Wildman–Crippen MR) is 494 cm³/mol. The summed E-state index contributed by atoms with van der Waals surface area (Å²) < 4.78 is 135. The lowest BCUT2D eigenvalue weighted by molar-refractivity contribution is -0.275. The summed E-state index contributed by atoms with van der Waals surface area (Å²) in [7, 11) is 6.53. The van der Waals surface area contributed by atoms with Gasteiger partial charge in [-0.25, -0.2) is 13.2 Å². The lowest BCUT2D eigenvalue weighted by Gasteiger charge is -2.34. The van der Waals surface area contributed by atoms with Gasteiger partial charge in [0.1, 0.15) is 29.0 Å². The molecule has 0 radical (unpaired) electrons. The van der Waals surface area contributed by atoms with Gasteiger partial charge in [-0.2, -0.15) is 0 Å². The van der Waals surface area contributed by atoms with Crippen molar-refractivity contribution in [2.45, 2.75) is 146 Å². The molecule has 0 N–H and O–H groups in total. The van der Waals surface area contributed by atoms with Crippen LogP contribution in [0, 0.1) is 78.6 Å². The van der Waals surface area contributed by atoms with Crippen LogP contribution in [0.4, 0.5) is 39.5 Å². The molecular weight excluding hydrogens is 1660 g/mol. The number of piperidine rings is 4. The number of fused-ring (bicyclic) bond motifs is 4. The van der Waals surface area contributed by atoms with E-state index in [9.17, 15) is 68.3 Å². The number of pyridine rings is 4. The molecule has 0 unspecified atom stereocenters. The largest absolute Gasteiger partial charge is 0.573 e. The normalized spacial score (nSPS) is 15.5. The van der Waals surface area contributed by atoms with Crippen LogP contribution in [0.15, 0.2) is 196 Å². The molecule has 4 aromatic heterocycles. The third-order valence-electron chi connectivity index (χ3n) is 26.8. The van der Waals surface area contributed by atoms with Crippen molar-refractivity contribution in [2.24, 2.45) is 75.5 Å². The van der Waals surface area contributed by atoms with Gasteiger partial charge in [-0.15, -0.1) is 26.3 Å². The smallest absolute Gasteiger partial charge is 0.405 e. The molecule has 0 spiro atoms. The summed E-state index contributed by atoms with van der Waals surface area (Å²) in [4.78, 5) is 84.5. The number of halogens is 9. The molecule has 4 aliphatic heterocycles. The Bertz CT molecular complexity index is 6370. The number of aromatic nitrogens is 4. The number of aryl methyl sites for hydroxylation is 6. The van der Waals surface area contributed by atoms with Crippen LogP contribution in [-0.4, -0.2) is 115 Å². The Morgan fingerprint density at radius 1 is 0.341 bits per heavy atom. The lowest BCUT2D eigenvalue weighted by Crippen LogP contribution is -2.39. The van der Waals surface area contributed by atoms with Crippen molar-refractivity contribution in [3.63, 3.8) is 0 Å². The second-order valence-corrected chi connectivity index (χ2v) is 36.7. The van der Waals surface area contributed by atoms with Crippen molar-refractivity contribution in [3.05, 3.63) is 269 Å². The summed E-state index contributed by atoms with van der Waals surface area (Å²) in [5, 5.41) is 3.96. The molecule has 4 saturated heterocycles. The van der Waals surface area contributed by atoms with Gasteiger partial charge in [-0.3, -0.25) is 38.6 Å². The van der Waals surface area contributed by atoms with Gasteiger partial charge in [0.25, 0.3) is 34.1 Å². The summed E-state index contributed by atoms with van der Waals surface area (Å²) >= 11 is 0. The van der Waals surface area contributed by atoms with Crippen molar-refractivity contribution in [3.8, 4) is 56.0 Å². The molecule has 0 bridgehead atoms. The second kappa shape index (κ2) is 40.2. The Morgan fingerprint density at radius 3 is 0.938 bits per heavy atom. The van der Waals surface area contributed by atoms with Crippen LogP contribution in [0.2, 0.25) is 0 Å². The first-order chi connectivity index (χ1) is 61.1. The Kier molecular flexibility index (Phi) is 29.6. The fraction of sp³-hybridized carbons (Fsp3) is 0.404. The average Bonchev–Trinajstić information content (AvgIpc) is 0.761. The maximum Gasteiger partial charge on any atom is 0.573 e. The topological polar surface area (TPSA) is 154 Å². The SMILES string of the molecule is CC(C)C1CCN(C(=O)c2ccc(-c3cn(C)c(=O)c4cc(F)ccc34)cc2OC(F)(F)F)CC1.CC(C)C1CCN(C(=O)c2ccc(-c3cn(C)c(=O)c4ccc(F)cc34)cc2OC(F)(F)F)CC1.Cc1cc(-c2cn(C)c(=O)c3cc(F)ccc23)ccc1CN1CCC(C(C)C)CC1.Cc1cc(-c2cn(C)c(=O)c3ccccc23)ccc1CN1CCC(C(C)C)CC1. The quantitative estimate of drug-likeness (QED) is 0.0854. The Morgan fingerprint density at radius 2 is 0.612 bits per heavy atom. The molecule has 16 rings (SSSR count). The maximum atomic E-state index is 14.0. The van der Waals surface area contributed by atoms with E-state index < -0.39 is 53.2 Å². The van der Waals surface area contributed by atoms with Crippen molar-refractivity contribution < 1.29 is 58.6 Å². The van der Waals surface area contributed by atoms with E-state index in [-0.39, 0.29) is 55.3 Å². The number of rotatable bonds is 16. The van der Waals surface area contributed by atoms with Crippen LogP contribution in [0.25, 0.3) is 87.6 Å². The highest BCUT2D eigenvalue weighted by Gasteiger charge is 2.38. The first kappa shape index (κ1) is 95.0. The minimum absolute atomic E-state index is 0.0579. The Balaban J connectivity index is 0.000000147. The number of nitrogens with zero attached hydrogens (tertiary/aromatic N) is 8. The number of carbonyl (C=O) groups is 2. The minimum atomic E-state index is -5.02. The lowest BCUT2D eigenvalue weighted by atomic mass is 9.86. The van der Waals surface area contributed by atoms with Crippen molar-refractivity contribution in [2.75, 3.05) is 52.4 Å². The fourth-order valence-corrected chi connectivity index (χ4v) is 18.8. The van der Waals surface area contributed by atoms with Crippen LogP contribution in [0.3, 0.4) is 0 Å². The number of amides is 2. The number of benzene rings is 8. The first-order valence-corrected chi connectivity index (χ1v) is 44.6. The van der Waals surface area contributed by atoms with E-state index in [0.29, 0.717) is 77.3 Å². The Labute approximate surface area is 746 Å². The van der Waals surface area contributed by atoms with Crippen molar-refractivity contribution in [1.29, 1.82) is 0 Å². The van der Waals surface area contributed by atoms with Gasteiger partial charge >= 0.3 is 12.7 Å². The third-order valence-corrected chi connectivity index (χ3v) is 26.8. The maximum absolute atomic E-state index is 14.0. The number of ether oxygens (including phenoxy) is 2. The molecule has 682 valence electrons. The average molecular weight is 1780 g/mol. The fourth-order valence-electron chi connectivity index (χ4n) is 18.8. The molecule has 25 heteroatoms. The molecule has 0 aliphatic carbocycles. The van der Waals surface area contributed by atoms with E-state index in [2.05, 4.69) is 125 Å². The van der Waals surface area contributed by atoms with E-state index in [1.165, 1.54) is 170 Å². The molecule has 8 aromatic carbocycles. The summed E-state index contributed by atoms with van der Waals surface area (Å²) in [5.41, 5.74) is 9.64. The number of hydrogen-bond donors (Lipinski definition) is 0. The number of likely N-dealkylation sites (tertiary alicyclic amines) is 4. The van der Waals surface area contributed by atoms with Gasteiger partial charge in [-0.05, 0) is 278 Å². The van der Waals surface area contributed by atoms with Gasteiger partial charge in [-0.1, -0.05) is 134 Å². The van der Waals surface area contributed by atoms with Crippen molar-refractivity contribution in [1.82, 2.24) is 37.9 Å². The molecule has 16 nitrogen and oxygen atoms in total. The van der Waals surface area contributed by atoms with Crippen LogP contribution in [0.1, 0.15) is 150 Å². The molecular formula is C104H115F9N8O8. The van der Waals surface area contributed by atoms with Gasteiger partial charge in [0.15, 0.2) is 0 Å². The molecule has 0 saturated carbocycles. The highest BCUT2D eigenvalue weighted by Crippen LogP contribution is 2.41. The molecule has 4 aliphatic rings. The van der Waals surface area contributed by atoms with E-state index >= 15 is 0 Å². The summed E-state index contributed by atoms with van der Waals surface area (Å²) in [6.45, 7) is 30.8. The zero-order chi connectivity index (χ0) is 92.9. The zero-order valence-corrected chi connectivity index (χ0v) is 75.8. The van der Waals surface area contributed by atoms with Crippen molar-refractivity contribution >= 4 is 54.9 Å². The summed E-state index contributed by atoms with van der Waals surface area (Å²) in [6.07, 6.45) is 5.05. The molecule has 12 aromatic rings. The third kappa shape index (κ3) is 22.5.